The Balaban J connectivity index is 1.92. The summed E-state index contributed by atoms with van der Waals surface area (Å²) in [5, 5.41) is 25.4. The number of oxazole rings is 1. The number of amidine groups is 1. The molecule has 2 aromatic heterocycles. The summed E-state index contributed by atoms with van der Waals surface area (Å²) in [4.78, 5) is 3.83. The largest absolute Gasteiger partial charge is 0.444 e. The van der Waals surface area contributed by atoms with Crippen LogP contribution in [0.2, 0.25) is 0 Å². The summed E-state index contributed by atoms with van der Waals surface area (Å²) < 4.78 is 9.59. The van der Waals surface area contributed by atoms with Crippen molar-refractivity contribution in [1.82, 2.24) is 15.3 Å². The third kappa shape index (κ3) is 2.32. The molecule has 0 atom stereocenters. The van der Waals surface area contributed by atoms with E-state index in [4.69, 9.17) is 15.6 Å². The Hall–Kier alpha value is -3.20. The molecule has 1 aromatic carbocycles. The van der Waals surface area contributed by atoms with Crippen molar-refractivity contribution in [2.24, 2.45) is 0 Å². The first-order valence-corrected chi connectivity index (χ1v) is 5.81. The molecule has 0 amide bonds. The lowest BCUT2D eigenvalue weighted by Gasteiger charge is -2.16. The molecule has 0 spiro atoms. The Morgan fingerprint density at radius 3 is 2.86 bits per heavy atom. The van der Waals surface area contributed by atoms with Gasteiger partial charge >= 0.3 is 0 Å². The van der Waals surface area contributed by atoms with Crippen LogP contribution in [0.5, 0.6) is 0 Å². The van der Waals surface area contributed by atoms with Crippen molar-refractivity contribution in [3.05, 3.63) is 42.5 Å². The van der Waals surface area contributed by atoms with Gasteiger partial charge in [0.25, 0.3) is 0 Å². The summed E-state index contributed by atoms with van der Waals surface area (Å²) in [6.07, 6.45) is 2.86. The van der Waals surface area contributed by atoms with Crippen LogP contribution in [0.15, 0.2) is 45.9 Å². The van der Waals surface area contributed by atoms with Crippen LogP contribution in [0.1, 0.15) is 5.69 Å². The number of hydroxylamine groups is 1. The third-order valence-electron chi connectivity index (χ3n) is 2.76. The number of hydrogen-bond acceptors (Lipinski definition) is 8. The van der Waals surface area contributed by atoms with Crippen molar-refractivity contribution in [3.8, 4) is 11.3 Å². The van der Waals surface area contributed by atoms with Gasteiger partial charge in [0.15, 0.2) is 29.5 Å². The van der Waals surface area contributed by atoms with E-state index in [0.29, 0.717) is 22.1 Å². The fraction of sp³-hybridized carbons (Fsp3) is 0. The van der Waals surface area contributed by atoms with Crippen LogP contribution in [0.25, 0.3) is 11.3 Å². The number of nitrogens with one attached hydrogen (secondary N) is 1. The molecule has 106 valence electrons. The smallest absolute Gasteiger partial charge is 0.199 e. The van der Waals surface area contributed by atoms with E-state index in [1.54, 1.807) is 30.5 Å². The molecule has 3 aromatic rings. The normalized spacial score (nSPS) is 10.5. The molecule has 0 unspecified atom stereocenters. The van der Waals surface area contributed by atoms with Crippen molar-refractivity contribution >= 4 is 17.3 Å². The Labute approximate surface area is 118 Å². The Kier molecular flexibility index (Phi) is 3.09. The van der Waals surface area contributed by atoms with Crippen LogP contribution in [0.3, 0.4) is 0 Å². The minimum Gasteiger partial charge on any atom is -0.444 e. The molecule has 9 nitrogen and oxygen atoms in total. The minimum absolute atomic E-state index is 0.0532. The van der Waals surface area contributed by atoms with Gasteiger partial charge in [0.2, 0.25) is 0 Å². The van der Waals surface area contributed by atoms with Crippen LogP contribution in [-0.4, -0.2) is 26.3 Å². The van der Waals surface area contributed by atoms with E-state index >= 15 is 0 Å². The summed E-state index contributed by atoms with van der Waals surface area (Å²) in [6.45, 7) is 0. The Morgan fingerprint density at radius 1 is 1.33 bits per heavy atom. The van der Waals surface area contributed by atoms with E-state index < -0.39 is 0 Å². The van der Waals surface area contributed by atoms with E-state index in [1.807, 2.05) is 0 Å². The second kappa shape index (κ2) is 5.06. The van der Waals surface area contributed by atoms with Gasteiger partial charge in [-0.1, -0.05) is 12.1 Å². The summed E-state index contributed by atoms with van der Waals surface area (Å²) in [5.74, 6) is 0.105. The number of benzene rings is 1. The lowest BCUT2D eigenvalue weighted by atomic mass is 10.1. The molecule has 4 N–H and O–H groups in total. The number of aromatic nitrogens is 3. The predicted molar refractivity (Wildman–Crippen MR) is 71.7 cm³/mol. The standard InChI is InChI=1S/C12H10N6O3/c13-11-10(16-21-17-11)12(14)18(19)8-3-1-2-7(4-8)9-5-15-6-20-9/h1-6,14,19H,(H2,13,17). The summed E-state index contributed by atoms with van der Waals surface area (Å²) in [5.41, 5.74) is 6.47. The highest BCUT2D eigenvalue weighted by molar-refractivity contribution is 6.07. The monoisotopic (exact) mass is 286 g/mol. The zero-order chi connectivity index (χ0) is 14.8. The van der Waals surface area contributed by atoms with E-state index in [1.165, 1.54) is 6.39 Å². The molecule has 2 heterocycles. The van der Waals surface area contributed by atoms with Gasteiger partial charge in [0, 0.05) is 5.56 Å². The molecule has 0 fully saturated rings. The van der Waals surface area contributed by atoms with Crippen molar-refractivity contribution in [3.63, 3.8) is 0 Å². The average molecular weight is 286 g/mol. The first-order valence-electron chi connectivity index (χ1n) is 5.81. The molecule has 0 aliphatic heterocycles. The zero-order valence-electron chi connectivity index (χ0n) is 10.6. The van der Waals surface area contributed by atoms with E-state index in [-0.39, 0.29) is 17.3 Å². The highest BCUT2D eigenvalue weighted by Crippen LogP contribution is 2.24. The molecule has 0 saturated heterocycles. The summed E-state index contributed by atoms with van der Waals surface area (Å²) in [7, 11) is 0. The Bertz CT molecular complexity index is 767. The molecule has 9 heteroatoms. The van der Waals surface area contributed by atoms with Crippen LogP contribution in [0, 0.1) is 5.41 Å². The van der Waals surface area contributed by atoms with E-state index in [9.17, 15) is 5.21 Å². The molecule has 0 bridgehead atoms. The van der Waals surface area contributed by atoms with Crippen molar-refractivity contribution in [1.29, 1.82) is 5.41 Å². The lowest BCUT2D eigenvalue weighted by molar-refractivity contribution is 0.301. The molecule has 3 rings (SSSR count). The van der Waals surface area contributed by atoms with Gasteiger partial charge in [-0.2, -0.15) is 0 Å². The highest BCUT2D eigenvalue weighted by Gasteiger charge is 2.19. The van der Waals surface area contributed by atoms with Gasteiger partial charge in [-0.3, -0.25) is 10.6 Å². The number of anilines is 2. The van der Waals surface area contributed by atoms with Gasteiger partial charge in [0.05, 0.1) is 11.9 Å². The SMILES string of the molecule is N=C(c1nonc1N)N(O)c1cccc(-c2cnco2)c1. The van der Waals surface area contributed by atoms with E-state index in [0.717, 1.165) is 0 Å². The molecular weight excluding hydrogens is 276 g/mol. The highest BCUT2D eigenvalue weighted by atomic mass is 16.6. The first kappa shape index (κ1) is 12.8. The fourth-order valence-electron chi connectivity index (χ4n) is 1.74. The maximum Gasteiger partial charge on any atom is 0.199 e. The Morgan fingerprint density at radius 2 is 2.19 bits per heavy atom. The average Bonchev–Trinajstić information content (AvgIpc) is 3.17. The first-order chi connectivity index (χ1) is 10.2. The van der Waals surface area contributed by atoms with Crippen LogP contribution < -0.4 is 10.8 Å². The maximum atomic E-state index is 10.1. The number of nitrogens with two attached hydrogens (primary N) is 1. The van der Waals surface area contributed by atoms with Crippen LogP contribution in [-0.2, 0) is 0 Å². The number of nitrogens with zero attached hydrogens (tertiary/aromatic N) is 4. The van der Waals surface area contributed by atoms with Crippen molar-refractivity contribution < 1.29 is 14.3 Å². The predicted octanol–water partition coefficient (Wildman–Crippen LogP) is 1.53. The summed E-state index contributed by atoms with van der Waals surface area (Å²) >= 11 is 0. The molecular formula is C12H10N6O3. The number of rotatable bonds is 3. The fourth-order valence-corrected chi connectivity index (χ4v) is 1.74. The van der Waals surface area contributed by atoms with Crippen molar-refractivity contribution in [2.45, 2.75) is 0 Å². The van der Waals surface area contributed by atoms with Gasteiger partial charge in [-0.05, 0) is 22.4 Å². The van der Waals surface area contributed by atoms with Crippen LogP contribution in [0.4, 0.5) is 11.5 Å². The third-order valence-corrected chi connectivity index (χ3v) is 2.76. The second-order valence-corrected chi connectivity index (χ2v) is 4.07. The second-order valence-electron chi connectivity index (χ2n) is 4.07. The number of nitrogen functional groups attached to an aromatic ring is 1. The quantitative estimate of drug-likeness (QED) is 0.374. The van der Waals surface area contributed by atoms with Gasteiger partial charge in [0.1, 0.15) is 0 Å². The van der Waals surface area contributed by atoms with E-state index in [2.05, 4.69) is 19.9 Å². The van der Waals surface area contributed by atoms with Gasteiger partial charge < -0.3 is 10.2 Å². The molecule has 21 heavy (non-hydrogen) atoms. The van der Waals surface area contributed by atoms with Gasteiger partial charge in [-0.25, -0.2) is 14.7 Å². The molecule has 0 aliphatic rings. The van der Waals surface area contributed by atoms with Crippen LogP contribution >= 0.6 is 0 Å². The minimum atomic E-state index is -0.358. The molecule has 0 aliphatic carbocycles. The topological polar surface area (TPSA) is 138 Å². The number of hydrogen-bond donors (Lipinski definition) is 3. The molecule has 0 radical (unpaired) electrons. The van der Waals surface area contributed by atoms with Crippen molar-refractivity contribution in [2.75, 3.05) is 10.8 Å². The molecule has 0 saturated carbocycles. The zero-order valence-corrected chi connectivity index (χ0v) is 10.6. The van der Waals surface area contributed by atoms with Gasteiger partial charge in [-0.15, -0.1) is 0 Å². The summed E-state index contributed by atoms with van der Waals surface area (Å²) in [6, 6.07) is 6.72. The maximum absolute atomic E-state index is 10.1. The lowest BCUT2D eigenvalue weighted by Crippen LogP contribution is -2.28.